The van der Waals surface area contributed by atoms with Crippen molar-refractivity contribution in [2.45, 2.75) is 18.1 Å². The number of rotatable bonds is 2. The maximum Gasteiger partial charge on any atom is 0.455 e. The third-order valence-corrected chi connectivity index (χ3v) is 2.12. The van der Waals surface area contributed by atoms with Gasteiger partial charge < -0.3 is 5.73 Å². The summed E-state index contributed by atoms with van der Waals surface area (Å²) in [6, 6.07) is -3.26. The Hall–Kier alpha value is -1.38. The molecule has 0 aliphatic rings. The van der Waals surface area contributed by atoms with Gasteiger partial charge in [0.05, 0.1) is 0 Å². The van der Waals surface area contributed by atoms with Gasteiger partial charge in [-0.3, -0.25) is 0 Å². The molecule has 102 valence electrons. The minimum Gasteiger partial charge on any atom is -0.319 e. The predicted octanol–water partition coefficient (Wildman–Crippen LogP) is 3.30. The summed E-state index contributed by atoms with van der Waals surface area (Å²) in [6.45, 7) is 0. The highest BCUT2D eigenvalue weighted by Crippen LogP contribution is 2.44. The highest BCUT2D eigenvalue weighted by Gasteiger charge is 2.62. The zero-order chi connectivity index (χ0) is 14.3. The van der Waals surface area contributed by atoms with Crippen LogP contribution in [-0.4, -0.2) is 12.1 Å². The molecular formula is C9H5F8N. The highest BCUT2D eigenvalue weighted by atomic mass is 19.4. The fraction of sp³-hybridized carbons (Fsp3) is 0.333. The van der Waals surface area contributed by atoms with E-state index in [-0.39, 0.29) is 12.1 Å². The van der Waals surface area contributed by atoms with E-state index in [1.165, 1.54) is 0 Å². The molecule has 1 atom stereocenters. The van der Waals surface area contributed by atoms with Gasteiger partial charge in [0, 0.05) is 11.6 Å². The van der Waals surface area contributed by atoms with Crippen LogP contribution in [0.4, 0.5) is 35.1 Å². The zero-order valence-corrected chi connectivity index (χ0v) is 8.33. The van der Waals surface area contributed by atoms with Crippen LogP contribution in [0.25, 0.3) is 0 Å². The van der Waals surface area contributed by atoms with Crippen LogP contribution in [0.15, 0.2) is 12.1 Å². The lowest BCUT2D eigenvalue weighted by Crippen LogP contribution is -2.46. The summed E-state index contributed by atoms with van der Waals surface area (Å²) in [5.41, 5.74) is 2.97. The lowest BCUT2D eigenvalue weighted by atomic mass is 10.00. The Bertz CT molecular complexity index is 453. The van der Waals surface area contributed by atoms with Gasteiger partial charge in [-0.05, 0) is 6.07 Å². The summed E-state index contributed by atoms with van der Waals surface area (Å²) >= 11 is 0. The number of hydrogen-bond acceptors (Lipinski definition) is 1. The fourth-order valence-electron chi connectivity index (χ4n) is 1.17. The van der Waals surface area contributed by atoms with Gasteiger partial charge in [0.15, 0.2) is 11.6 Å². The van der Waals surface area contributed by atoms with E-state index in [9.17, 15) is 35.1 Å². The van der Waals surface area contributed by atoms with E-state index in [1.54, 1.807) is 0 Å². The van der Waals surface area contributed by atoms with Crippen molar-refractivity contribution in [3.63, 3.8) is 0 Å². The van der Waals surface area contributed by atoms with Crippen LogP contribution in [0, 0.1) is 17.5 Å². The average molecular weight is 279 g/mol. The lowest BCUT2D eigenvalue weighted by molar-refractivity contribution is -0.291. The maximum absolute atomic E-state index is 13.0. The lowest BCUT2D eigenvalue weighted by Gasteiger charge is -2.26. The molecule has 0 radical (unpaired) electrons. The van der Waals surface area contributed by atoms with E-state index >= 15 is 0 Å². The van der Waals surface area contributed by atoms with Crippen molar-refractivity contribution in [1.29, 1.82) is 0 Å². The van der Waals surface area contributed by atoms with E-state index in [0.717, 1.165) is 0 Å². The van der Waals surface area contributed by atoms with E-state index in [2.05, 4.69) is 5.73 Å². The largest absolute Gasteiger partial charge is 0.455 e. The van der Waals surface area contributed by atoms with E-state index in [1.807, 2.05) is 0 Å². The molecule has 9 heteroatoms. The molecule has 0 saturated carbocycles. The van der Waals surface area contributed by atoms with Gasteiger partial charge in [-0.25, -0.2) is 13.2 Å². The quantitative estimate of drug-likeness (QED) is 0.652. The molecule has 0 aliphatic carbocycles. The van der Waals surface area contributed by atoms with Crippen LogP contribution in [0.5, 0.6) is 0 Å². The van der Waals surface area contributed by atoms with Crippen molar-refractivity contribution >= 4 is 0 Å². The number of alkyl halides is 5. The molecule has 0 saturated heterocycles. The fourth-order valence-corrected chi connectivity index (χ4v) is 1.17. The summed E-state index contributed by atoms with van der Waals surface area (Å²) in [5.74, 6) is -11.0. The Labute approximate surface area is 95.2 Å². The molecule has 0 unspecified atom stereocenters. The van der Waals surface area contributed by atoms with Crippen LogP contribution in [0.2, 0.25) is 0 Å². The molecule has 0 aliphatic heterocycles. The first-order valence-electron chi connectivity index (χ1n) is 4.33. The normalized spacial score (nSPS) is 14.7. The third-order valence-electron chi connectivity index (χ3n) is 2.12. The van der Waals surface area contributed by atoms with Crippen molar-refractivity contribution in [2.75, 3.05) is 0 Å². The minimum absolute atomic E-state index is 0.00269. The molecule has 0 fully saturated rings. The van der Waals surface area contributed by atoms with Gasteiger partial charge in [0.1, 0.15) is 11.9 Å². The zero-order valence-electron chi connectivity index (χ0n) is 8.33. The second-order valence-corrected chi connectivity index (χ2v) is 3.39. The standard InChI is InChI=1S/C9H5F8N/c10-3-1-4(6(12)5(11)2-3)7(18)8(13,14)9(15,16)17/h1-2,7H,18H2/t7-/m1/s1. The monoisotopic (exact) mass is 279 g/mol. The number of halogens is 8. The average Bonchev–Trinajstić information content (AvgIpc) is 2.20. The smallest absolute Gasteiger partial charge is 0.319 e. The summed E-state index contributed by atoms with van der Waals surface area (Å²) in [6.07, 6.45) is -6.07. The summed E-state index contributed by atoms with van der Waals surface area (Å²) in [5, 5.41) is 0. The molecule has 0 spiro atoms. The topological polar surface area (TPSA) is 26.0 Å². The number of benzene rings is 1. The molecule has 18 heavy (non-hydrogen) atoms. The first-order chi connectivity index (χ1) is 7.98. The van der Waals surface area contributed by atoms with Crippen LogP contribution >= 0.6 is 0 Å². The second kappa shape index (κ2) is 4.38. The molecule has 1 rings (SSSR count). The van der Waals surface area contributed by atoms with E-state index in [0.29, 0.717) is 0 Å². The molecule has 0 aromatic heterocycles. The van der Waals surface area contributed by atoms with Gasteiger partial charge in [-0.15, -0.1) is 0 Å². The summed E-state index contributed by atoms with van der Waals surface area (Å²) in [4.78, 5) is 0. The number of nitrogens with two attached hydrogens (primary N) is 1. The van der Waals surface area contributed by atoms with Gasteiger partial charge in [0.25, 0.3) is 0 Å². The van der Waals surface area contributed by atoms with Crippen molar-refractivity contribution in [2.24, 2.45) is 5.73 Å². The highest BCUT2D eigenvalue weighted by molar-refractivity contribution is 5.25. The van der Waals surface area contributed by atoms with E-state index in [4.69, 9.17) is 0 Å². The Morgan fingerprint density at radius 3 is 1.89 bits per heavy atom. The second-order valence-electron chi connectivity index (χ2n) is 3.39. The van der Waals surface area contributed by atoms with Crippen molar-refractivity contribution in [1.82, 2.24) is 0 Å². The Morgan fingerprint density at radius 1 is 0.944 bits per heavy atom. The first-order valence-corrected chi connectivity index (χ1v) is 4.33. The number of hydrogen-bond donors (Lipinski definition) is 1. The maximum atomic E-state index is 13.0. The summed E-state index contributed by atoms with van der Waals surface area (Å²) < 4.78 is 99.9. The SMILES string of the molecule is N[C@H](c1cc(F)cc(F)c1F)C(F)(F)C(F)(F)F. The van der Waals surface area contributed by atoms with Gasteiger partial charge in [-0.2, -0.15) is 22.0 Å². The summed E-state index contributed by atoms with van der Waals surface area (Å²) in [7, 11) is 0. The van der Waals surface area contributed by atoms with Crippen LogP contribution in [0.3, 0.4) is 0 Å². The molecule has 1 aromatic carbocycles. The molecular weight excluding hydrogens is 274 g/mol. The Kier molecular flexibility index (Phi) is 3.57. The van der Waals surface area contributed by atoms with Gasteiger partial charge >= 0.3 is 12.1 Å². The first kappa shape index (κ1) is 14.7. The molecule has 1 aromatic rings. The van der Waals surface area contributed by atoms with E-state index < -0.39 is 41.2 Å². The Morgan fingerprint density at radius 2 is 1.44 bits per heavy atom. The van der Waals surface area contributed by atoms with Gasteiger partial charge in [0.2, 0.25) is 0 Å². The molecule has 0 heterocycles. The Balaban J connectivity index is 3.31. The molecule has 2 N–H and O–H groups in total. The van der Waals surface area contributed by atoms with Crippen LogP contribution < -0.4 is 5.73 Å². The van der Waals surface area contributed by atoms with Crippen molar-refractivity contribution in [3.05, 3.63) is 35.1 Å². The van der Waals surface area contributed by atoms with Crippen molar-refractivity contribution < 1.29 is 35.1 Å². The minimum atomic E-state index is -6.07. The third kappa shape index (κ3) is 2.40. The van der Waals surface area contributed by atoms with Gasteiger partial charge in [-0.1, -0.05) is 0 Å². The molecule has 0 amide bonds. The molecule has 0 bridgehead atoms. The molecule has 1 nitrogen and oxygen atoms in total. The van der Waals surface area contributed by atoms with Crippen molar-refractivity contribution in [3.8, 4) is 0 Å². The predicted molar refractivity (Wildman–Crippen MR) is 44.2 cm³/mol. The van der Waals surface area contributed by atoms with Crippen LogP contribution in [-0.2, 0) is 0 Å². The van der Waals surface area contributed by atoms with Crippen LogP contribution in [0.1, 0.15) is 11.6 Å².